The Morgan fingerprint density at radius 2 is 1.88 bits per heavy atom. The van der Waals surface area contributed by atoms with E-state index in [9.17, 15) is 8.42 Å². The zero-order valence-electron chi connectivity index (χ0n) is 10.7. The van der Waals surface area contributed by atoms with Gasteiger partial charge in [-0.2, -0.15) is 0 Å². The first-order valence-corrected chi connectivity index (χ1v) is 7.82. The molecule has 1 rings (SSSR count). The number of aromatic nitrogens is 3. The first-order valence-electron chi connectivity index (χ1n) is 5.51. The van der Waals surface area contributed by atoms with Crippen molar-refractivity contribution in [3.63, 3.8) is 0 Å². The number of hydrogen-bond donors (Lipinski definition) is 0. The van der Waals surface area contributed by atoms with E-state index in [1.165, 1.54) is 0 Å². The fourth-order valence-electron chi connectivity index (χ4n) is 1.53. The maximum absolute atomic E-state index is 11.4. The topological polar surface area (TPSA) is 64.8 Å². The van der Waals surface area contributed by atoms with Crippen molar-refractivity contribution < 1.29 is 8.42 Å². The lowest BCUT2D eigenvalue weighted by Crippen LogP contribution is -2.24. The fraction of sp³-hybridized carbons (Fsp3) is 0.800. The molecule has 0 aliphatic rings. The predicted octanol–water partition coefficient (Wildman–Crippen LogP) is 2.47. The van der Waals surface area contributed by atoms with Gasteiger partial charge < -0.3 is 0 Å². The summed E-state index contributed by atoms with van der Waals surface area (Å²) in [6.07, 6.45) is 0.834. The SMILES string of the molecule is CCC(C)(C)c1nnc(S(=O)(=O)Cl)n1C(C)C. The molecule has 7 heteroatoms. The Kier molecular flexibility index (Phi) is 3.88. The highest BCUT2D eigenvalue weighted by atomic mass is 35.7. The highest BCUT2D eigenvalue weighted by Crippen LogP contribution is 2.30. The Bertz CT molecular complexity index is 506. The van der Waals surface area contributed by atoms with Crippen LogP contribution in [0.2, 0.25) is 0 Å². The lowest BCUT2D eigenvalue weighted by Gasteiger charge is -2.24. The third-order valence-corrected chi connectivity index (χ3v) is 4.02. The van der Waals surface area contributed by atoms with Gasteiger partial charge >= 0.3 is 0 Å². The van der Waals surface area contributed by atoms with Gasteiger partial charge in [0, 0.05) is 22.1 Å². The summed E-state index contributed by atoms with van der Waals surface area (Å²) in [5, 5.41) is 7.54. The van der Waals surface area contributed by atoms with Gasteiger partial charge in [0.15, 0.2) is 0 Å². The summed E-state index contributed by atoms with van der Waals surface area (Å²) in [4.78, 5) is 0. The Hall–Kier alpha value is -0.620. The van der Waals surface area contributed by atoms with Crippen LogP contribution in [-0.4, -0.2) is 23.2 Å². The average molecular weight is 280 g/mol. The molecule has 0 aromatic carbocycles. The number of hydrogen-bond acceptors (Lipinski definition) is 4. The van der Waals surface area contributed by atoms with Crippen LogP contribution in [0.1, 0.15) is 52.9 Å². The lowest BCUT2D eigenvalue weighted by atomic mass is 9.89. The highest BCUT2D eigenvalue weighted by Gasteiger charge is 2.31. The van der Waals surface area contributed by atoms with Crippen LogP contribution >= 0.6 is 10.7 Å². The molecule has 0 N–H and O–H groups in total. The van der Waals surface area contributed by atoms with Gasteiger partial charge in [0.25, 0.3) is 14.2 Å². The molecule has 0 unspecified atom stereocenters. The normalized spacial score (nSPS) is 13.4. The molecule has 17 heavy (non-hydrogen) atoms. The van der Waals surface area contributed by atoms with Crippen molar-refractivity contribution in [2.24, 2.45) is 0 Å². The third-order valence-electron chi connectivity index (χ3n) is 2.89. The molecule has 0 amide bonds. The molecule has 0 bridgehead atoms. The van der Waals surface area contributed by atoms with E-state index < -0.39 is 9.05 Å². The Balaban J connectivity index is 3.52. The summed E-state index contributed by atoms with van der Waals surface area (Å²) in [7, 11) is 1.50. The summed E-state index contributed by atoms with van der Waals surface area (Å²) in [5.74, 6) is 0.647. The van der Waals surface area contributed by atoms with Crippen LogP contribution in [0.15, 0.2) is 5.16 Å². The second-order valence-corrected chi connectivity index (χ2v) is 7.40. The minimum Gasteiger partial charge on any atom is -0.298 e. The zero-order chi connectivity index (χ0) is 13.4. The Morgan fingerprint density at radius 1 is 1.35 bits per heavy atom. The molecular weight excluding hydrogens is 262 g/mol. The van der Waals surface area contributed by atoms with Gasteiger partial charge in [-0.1, -0.05) is 20.8 Å². The quantitative estimate of drug-likeness (QED) is 0.794. The van der Waals surface area contributed by atoms with E-state index in [-0.39, 0.29) is 16.6 Å². The second-order valence-electron chi connectivity index (χ2n) is 4.95. The molecule has 0 saturated carbocycles. The summed E-state index contributed by atoms with van der Waals surface area (Å²) in [5.41, 5.74) is -0.239. The largest absolute Gasteiger partial charge is 0.298 e. The minimum absolute atomic E-state index is 0.0608. The average Bonchev–Trinajstić information content (AvgIpc) is 2.61. The molecule has 5 nitrogen and oxygen atoms in total. The molecule has 0 atom stereocenters. The molecule has 0 saturated heterocycles. The second kappa shape index (κ2) is 4.57. The molecule has 1 aromatic heterocycles. The Morgan fingerprint density at radius 3 is 2.24 bits per heavy atom. The van der Waals surface area contributed by atoms with Crippen molar-refractivity contribution in [2.75, 3.05) is 0 Å². The van der Waals surface area contributed by atoms with Crippen LogP contribution in [0.5, 0.6) is 0 Å². The van der Waals surface area contributed by atoms with Gasteiger partial charge in [0.1, 0.15) is 5.82 Å². The van der Waals surface area contributed by atoms with Crippen molar-refractivity contribution in [1.82, 2.24) is 14.8 Å². The summed E-state index contributed by atoms with van der Waals surface area (Å²) in [6.45, 7) is 9.78. The third kappa shape index (κ3) is 2.80. The van der Waals surface area contributed by atoms with Crippen LogP contribution in [0.25, 0.3) is 0 Å². The number of halogens is 1. The van der Waals surface area contributed by atoms with E-state index >= 15 is 0 Å². The van der Waals surface area contributed by atoms with Crippen molar-refractivity contribution >= 4 is 19.7 Å². The van der Waals surface area contributed by atoms with Gasteiger partial charge in [-0.3, -0.25) is 4.57 Å². The van der Waals surface area contributed by atoms with Gasteiger partial charge in [0.2, 0.25) is 0 Å². The van der Waals surface area contributed by atoms with E-state index in [2.05, 4.69) is 10.2 Å². The molecule has 0 aliphatic carbocycles. The molecule has 0 radical (unpaired) electrons. The van der Waals surface area contributed by atoms with Crippen molar-refractivity contribution in [2.45, 2.75) is 57.7 Å². The van der Waals surface area contributed by atoms with E-state index in [1.807, 2.05) is 34.6 Å². The van der Waals surface area contributed by atoms with E-state index in [4.69, 9.17) is 10.7 Å². The van der Waals surface area contributed by atoms with Gasteiger partial charge in [-0.25, -0.2) is 8.42 Å². The minimum atomic E-state index is -3.86. The summed E-state index contributed by atoms with van der Waals surface area (Å²) >= 11 is 0. The molecular formula is C10H18ClN3O2S. The predicted molar refractivity (Wildman–Crippen MR) is 66.8 cm³/mol. The van der Waals surface area contributed by atoms with E-state index in [1.54, 1.807) is 4.57 Å². The van der Waals surface area contributed by atoms with Gasteiger partial charge in [-0.05, 0) is 20.3 Å². The highest BCUT2D eigenvalue weighted by molar-refractivity contribution is 8.13. The molecule has 0 fully saturated rings. The summed E-state index contributed by atoms with van der Waals surface area (Å²) < 4.78 is 24.4. The van der Waals surface area contributed by atoms with Gasteiger partial charge in [0.05, 0.1) is 0 Å². The van der Waals surface area contributed by atoms with Gasteiger partial charge in [-0.15, -0.1) is 10.2 Å². The van der Waals surface area contributed by atoms with E-state index in [0.29, 0.717) is 5.82 Å². The molecule has 98 valence electrons. The smallest absolute Gasteiger partial charge is 0.296 e. The maximum atomic E-state index is 11.4. The van der Waals surface area contributed by atoms with Crippen LogP contribution in [0.3, 0.4) is 0 Å². The van der Waals surface area contributed by atoms with E-state index in [0.717, 1.165) is 6.42 Å². The standard InChI is InChI=1S/C10H18ClN3O2S/c1-6-10(4,5)8-12-13-9(17(11,15)16)14(8)7(2)3/h7H,6H2,1-5H3. The van der Waals surface area contributed by atoms with Crippen molar-refractivity contribution in [1.29, 1.82) is 0 Å². The maximum Gasteiger partial charge on any atom is 0.296 e. The first-order chi connectivity index (χ1) is 7.61. The number of rotatable bonds is 4. The first kappa shape index (κ1) is 14.4. The monoisotopic (exact) mass is 279 g/mol. The lowest BCUT2D eigenvalue weighted by molar-refractivity contribution is 0.410. The molecule has 0 aliphatic heterocycles. The van der Waals surface area contributed by atoms with Crippen molar-refractivity contribution in [3.05, 3.63) is 5.82 Å². The van der Waals surface area contributed by atoms with Crippen LogP contribution in [0, 0.1) is 0 Å². The van der Waals surface area contributed by atoms with Crippen LogP contribution in [-0.2, 0) is 14.5 Å². The van der Waals surface area contributed by atoms with Crippen molar-refractivity contribution in [3.8, 4) is 0 Å². The molecule has 0 spiro atoms. The zero-order valence-corrected chi connectivity index (χ0v) is 12.3. The summed E-state index contributed by atoms with van der Waals surface area (Å²) in [6, 6.07) is -0.0608. The molecule has 1 aromatic rings. The fourth-order valence-corrected chi connectivity index (χ4v) is 2.51. The van der Waals surface area contributed by atoms with Crippen LogP contribution < -0.4 is 0 Å². The number of nitrogens with zero attached hydrogens (tertiary/aromatic N) is 3. The molecule has 1 heterocycles. The van der Waals surface area contributed by atoms with Crippen LogP contribution in [0.4, 0.5) is 0 Å². The Labute approximate surface area is 107 Å².